The molecular weight excluding hydrogens is 208 g/mol. The van der Waals surface area contributed by atoms with Gasteiger partial charge in [-0.3, -0.25) is 0 Å². The van der Waals surface area contributed by atoms with Gasteiger partial charge in [-0.05, 0) is 44.5 Å². The number of aryl methyl sites for hydroxylation is 1. The summed E-state index contributed by atoms with van der Waals surface area (Å²) in [6.45, 7) is 1.05. The van der Waals surface area contributed by atoms with Gasteiger partial charge in [0.25, 0.3) is 0 Å². The van der Waals surface area contributed by atoms with Crippen molar-refractivity contribution in [2.45, 2.75) is 25.3 Å². The first-order valence-electron chi connectivity index (χ1n) is 5.50. The van der Waals surface area contributed by atoms with Crippen molar-refractivity contribution < 1.29 is 0 Å². The van der Waals surface area contributed by atoms with E-state index in [-0.39, 0.29) is 0 Å². The van der Waals surface area contributed by atoms with Gasteiger partial charge in [0, 0.05) is 6.04 Å². The molecule has 2 nitrogen and oxygen atoms in total. The van der Waals surface area contributed by atoms with Gasteiger partial charge >= 0.3 is 0 Å². The average molecular weight is 225 g/mol. The first kappa shape index (κ1) is 10.8. The number of rotatable bonds is 3. The molecule has 1 aliphatic rings. The van der Waals surface area contributed by atoms with Gasteiger partial charge in [0.2, 0.25) is 0 Å². The lowest BCUT2D eigenvalue weighted by molar-refractivity contribution is 0.568. The van der Waals surface area contributed by atoms with Crippen LogP contribution >= 0.6 is 11.6 Å². The Bertz CT molecular complexity index is 338. The van der Waals surface area contributed by atoms with Crippen molar-refractivity contribution in [3.63, 3.8) is 0 Å². The number of benzene rings is 1. The molecule has 0 saturated carbocycles. The lowest BCUT2D eigenvalue weighted by Crippen LogP contribution is -2.28. The molecule has 3 heteroatoms. The summed E-state index contributed by atoms with van der Waals surface area (Å²) in [5, 5.41) is 7.56. The van der Waals surface area contributed by atoms with E-state index in [0.717, 1.165) is 30.1 Å². The maximum Gasteiger partial charge on any atom is 0.0640 e. The summed E-state index contributed by atoms with van der Waals surface area (Å²) >= 11 is 6.16. The number of fused-ring (bicyclic) bond motifs is 1. The third-order valence-corrected chi connectivity index (χ3v) is 3.27. The monoisotopic (exact) mass is 224 g/mol. The minimum atomic E-state index is 0.560. The predicted molar refractivity (Wildman–Crippen MR) is 65.7 cm³/mol. The Kier molecular flexibility index (Phi) is 3.49. The van der Waals surface area contributed by atoms with Crippen molar-refractivity contribution in [3.8, 4) is 0 Å². The molecule has 82 valence electrons. The number of hydrogen-bond acceptors (Lipinski definition) is 2. The maximum absolute atomic E-state index is 6.16. The zero-order valence-corrected chi connectivity index (χ0v) is 9.77. The third-order valence-electron chi connectivity index (χ3n) is 2.95. The Morgan fingerprint density at radius 2 is 2.40 bits per heavy atom. The number of halogens is 1. The summed E-state index contributed by atoms with van der Waals surface area (Å²) in [5.74, 6) is 0. The second-order valence-corrected chi connectivity index (χ2v) is 4.45. The molecule has 0 fully saturated rings. The molecule has 0 aliphatic carbocycles. The zero-order valence-electron chi connectivity index (χ0n) is 9.02. The van der Waals surface area contributed by atoms with Crippen LogP contribution in [0, 0.1) is 0 Å². The average Bonchev–Trinajstić information content (AvgIpc) is 2.27. The van der Waals surface area contributed by atoms with Crippen LogP contribution in [0.5, 0.6) is 0 Å². The van der Waals surface area contributed by atoms with Crippen LogP contribution in [0.1, 0.15) is 18.4 Å². The lowest BCUT2D eigenvalue weighted by Gasteiger charge is -2.27. The fraction of sp³-hybridized carbons (Fsp3) is 0.500. The topological polar surface area (TPSA) is 24.1 Å². The van der Waals surface area contributed by atoms with Crippen LogP contribution in [0.25, 0.3) is 0 Å². The SMILES string of the molecule is CNCCC1CCc2cccc(Cl)c2N1. The third kappa shape index (κ3) is 2.44. The highest BCUT2D eigenvalue weighted by Crippen LogP contribution is 2.32. The van der Waals surface area contributed by atoms with Crippen molar-refractivity contribution in [3.05, 3.63) is 28.8 Å². The van der Waals surface area contributed by atoms with Crippen LogP contribution in [-0.4, -0.2) is 19.6 Å². The number of nitrogens with one attached hydrogen (secondary N) is 2. The zero-order chi connectivity index (χ0) is 10.7. The van der Waals surface area contributed by atoms with Crippen LogP contribution in [0.15, 0.2) is 18.2 Å². The minimum Gasteiger partial charge on any atom is -0.381 e. The van der Waals surface area contributed by atoms with E-state index >= 15 is 0 Å². The summed E-state index contributed by atoms with van der Waals surface area (Å²) in [7, 11) is 1.99. The van der Waals surface area contributed by atoms with Crippen molar-refractivity contribution in [1.29, 1.82) is 0 Å². The molecule has 0 saturated heterocycles. The summed E-state index contributed by atoms with van der Waals surface area (Å²) < 4.78 is 0. The predicted octanol–water partition coefficient (Wildman–Crippen LogP) is 2.68. The molecule has 0 spiro atoms. The van der Waals surface area contributed by atoms with Gasteiger partial charge in [0.05, 0.1) is 10.7 Å². The van der Waals surface area contributed by atoms with Gasteiger partial charge < -0.3 is 10.6 Å². The fourth-order valence-corrected chi connectivity index (χ4v) is 2.33. The van der Waals surface area contributed by atoms with Crippen LogP contribution in [0.3, 0.4) is 0 Å². The summed E-state index contributed by atoms with van der Waals surface area (Å²) in [6.07, 6.45) is 3.49. The van der Waals surface area contributed by atoms with Gasteiger partial charge in [0.15, 0.2) is 0 Å². The minimum absolute atomic E-state index is 0.560. The van der Waals surface area contributed by atoms with Crippen molar-refractivity contribution in [2.24, 2.45) is 0 Å². The fourth-order valence-electron chi connectivity index (χ4n) is 2.08. The lowest BCUT2D eigenvalue weighted by atomic mass is 9.96. The second-order valence-electron chi connectivity index (χ2n) is 4.05. The van der Waals surface area contributed by atoms with Gasteiger partial charge in [-0.15, -0.1) is 0 Å². The van der Waals surface area contributed by atoms with Crippen LogP contribution in [-0.2, 0) is 6.42 Å². The smallest absolute Gasteiger partial charge is 0.0640 e. The van der Waals surface area contributed by atoms with Gasteiger partial charge in [-0.2, -0.15) is 0 Å². The van der Waals surface area contributed by atoms with Gasteiger partial charge in [0.1, 0.15) is 0 Å². The highest BCUT2D eigenvalue weighted by atomic mass is 35.5. The Labute approximate surface area is 96.0 Å². The second kappa shape index (κ2) is 4.86. The van der Waals surface area contributed by atoms with Gasteiger partial charge in [-0.1, -0.05) is 23.7 Å². The molecule has 1 aliphatic heterocycles. The van der Waals surface area contributed by atoms with E-state index in [2.05, 4.69) is 16.7 Å². The summed E-state index contributed by atoms with van der Waals surface area (Å²) in [6, 6.07) is 6.69. The Morgan fingerprint density at radius 3 is 3.20 bits per heavy atom. The van der Waals surface area contributed by atoms with E-state index < -0.39 is 0 Å². The molecule has 0 amide bonds. The molecule has 1 atom stereocenters. The molecule has 0 aromatic heterocycles. The van der Waals surface area contributed by atoms with E-state index in [1.165, 1.54) is 12.0 Å². The highest BCUT2D eigenvalue weighted by Gasteiger charge is 2.18. The number of anilines is 1. The largest absolute Gasteiger partial charge is 0.381 e. The van der Waals surface area contributed by atoms with E-state index in [9.17, 15) is 0 Å². The molecular formula is C12H17ClN2. The quantitative estimate of drug-likeness (QED) is 0.825. The number of para-hydroxylation sites is 1. The summed E-state index contributed by atoms with van der Waals surface area (Å²) in [4.78, 5) is 0. The molecule has 0 radical (unpaired) electrons. The first-order valence-corrected chi connectivity index (χ1v) is 5.87. The Balaban J connectivity index is 2.08. The molecule has 1 unspecified atom stereocenters. The van der Waals surface area contributed by atoms with E-state index in [0.29, 0.717) is 6.04 Å². The first-order chi connectivity index (χ1) is 7.31. The molecule has 1 aromatic rings. The van der Waals surface area contributed by atoms with Crippen LogP contribution in [0.4, 0.5) is 5.69 Å². The number of hydrogen-bond donors (Lipinski definition) is 2. The molecule has 15 heavy (non-hydrogen) atoms. The van der Waals surface area contributed by atoms with Crippen molar-refractivity contribution >= 4 is 17.3 Å². The van der Waals surface area contributed by atoms with Crippen molar-refractivity contribution in [1.82, 2.24) is 5.32 Å². The molecule has 2 rings (SSSR count). The molecule has 0 bridgehead atoms. The van der Waals surface area contributed by atoms with E-state index in [4.69, 9.17) is 11.6 Å². The highest BCUT2D eigenvalue weighted by molar-refractivity contribution is 6.33. The van der Waals surface area contributed by atoms with Crippen LogP contribution < -0.4 is 10.6 Å². The standard InChI is InChI=1S/C12H17ClN2/c1-14-8-7-10-6-5-9-3-2-4-11(13)12(9)15-10/h2-4,10,14-15H,5-8H2,1H3. The maximum atomic E-state index is 6.16. The molecule has 1 aromatic carbocycles. The van der Waals surface area contributed by atoms with Crippen molar-refractivity contribution in [2.75, 3.05) is 18.9 Å². The van der Waals surface area contributed by atoms with E-state index in [1.54, 1.807) is 0 Å². The molecule has 2 N–H and O–H groups in total. The van der Waals surface area contributed by atoms with Gasteiger partial charge in [-0.25, -0.2) is 0 Å². The normalized spacial score (nSPS) is 19.5. The Morgan fingerprint density at radius 1 is 1.53 bits per heavy atom. The summed E-state index contributed by atoms with van der Waals surface area (Å²) in [5.41, 5.74) is 2.50. The Hall–Kier alpha value is -0.730. The van der Waals surface area contributed by atoms with Crippen LogP contribution in [0.2, 0.25) is 5.02 Å². The molecule has 1 heterocycles. The van der Waals surface area contributed by atoms with E-state index in [1.807, 2.05) is 19.2 Å².